The molecule has 0 radical (unpaired) electrons. The van der Waals surface area contributed by atoms with Gasteiger partial charge in [-0.1, -0.05) is 0 Å². The van der Waals surface area contributed by atoms with Gasteiger partial charge in [-0.15, -0.1) is 0 Å². The maximum atomic E-state index is 11.0. The summed E-state index contributed by atoms with van der Waals surface area (Å²) in [5, 5.41) is 19.9. The number of carbonyl (C=O) groups is 1. The Kier molecular flexibility index (Phi) is 6.16. The van der Waals surface area contributed by atoms with E-state index in [4.69, 9.17) is 19.3 Å². The number of hydrogen-bond acceptors (Lipinski definition) is 6. The minimum absolute atomic E-state index is 0.0740. The maximum absolute atomic E-state index is 11.0. The summed E-state index contributed by atoms with van der Waals surface area (Å²) in [6, 6.07) is 10.5. The van der Waals surface area contributed by atoms with E-state index in [1.165, 1.54) is 6.07 Å². The molecule has 0 aliphatic heterocycles. The van der Waals surface area contributed by atoms with Crippen LogP contribution >= 0.6 is 0 Å². The lowest BCUT2D eigenvalue weighted by molar-refractivity contribution is -0.385. The summed E-state index contributed by atoms with van der Waals surface area (Å²) >= 11 is 0. The predicted molar refractivity (Wildman–Crippen MR) is 88.7 cm³/mol. The van der Waals surface area contributed by atoms with Crippen LogP contribution in [0.5, 0.6) is 17.2 Å². The molecule has 0 aliphatic rings. The molecule has 0 aliphatic carbocycles. The van der Waals surface area contributed by atoms with Crippen LogP contribution in [0.2, 0.25) is 0 Å². The Labute approximate surface area is 143 Å². The summed E-state index contributed by atoms with van der Waals surface area (Å²) < 4.78 is 15.9. The lowest BCUT2D eigenvalue weighted by atomic mass is 10.2. The molecule has 2 aromatic carbocycles. The molecule has 0 saturated heterocycles. The van der Waals surface area contributed by atoms with Crippen LogP contribution in [0, 0.1) is 10.1 Å². The van der Waals surface area contributed by atoms with Gasteiger partial charge >= 0.3 is 11.7 Å². The van der Waals surface area contributed by atoms with Crippen LogP contribution in [-0.4, -0.2) is 36.3 Å². The van der Waals surface area contributed by atoms with Crippen LogP contribution in [0.15, 0.2) is 42.5 Å². The van der Waals surface area contributed by atoms with E-state index in [2.05, 4.69) is 0 Å². The smallest absolute Gasteiger partial charge is 0.335 e. The minimum Gasteiger partial charge on any atom is -0.497 e. The number of nitro benzene ring substituents is 1. The molecule has 0 heterocycles. The van der Waals surface area contributed by atoms with E-state index in [-0.39, 0.29) is 23.6 Å². The molecule has 0 atom stereocenters. The lowest BCUT2D eigenvalue weighted by Gasteiger charge is -2.09. The van der Waals surface area contributed by atoms with Crippen molar-refractivity contribution in [1.82, 2.24) is 0 Å². The summed E-state index contributed by atoms with van der Waals surface area (Å²) in [6.45, 7) is 0.499. The third-order valence-electron chi connectivity index (χ3n) is 3.28. The van der Waals surface area contributed by atoms with E-state index in [0.717, 1.165) is 17.9 Å². The summed E-state index contributed by atoms with van der Waals surface area (Å²) in [7, 11) is 1.58. The Hall–Kier alpha value is -3.29. The number of benzene rings is 2. The number of nitro groups is 1. The Morgan fingerprint density at radius 2 is 1.72 bits per heavy atom. The van der Waals surface area contributed by atoms with Crippen LogP contribution in [-0.2, 0) is 0 Å². The van der Waals surface area contributed by atoms with Crippen molar-refractivity contribution in [2.45, 2.75) is 6.42 Å². The van der Waals surface area contributed by atoms with Crippen molar-refractivity contribution in [3.8, 4) is 17.2 Å². The number of rotatable bonds is 9. The largest absolute Gasteiger partial charge is 0.497 e. The first-order valence-electron chi connectivity index (χ1n) is 7.42. The predicted octanol–water partition coefficient (Wildman–Crippen LogP) is 3.15. The van der Waals surface area contributed by atoms with Gasteiger partial charge in [0.15, 0.2) is 5.75 Å². The minimum atomic E-state index is -1.18. The van der Waals surface area contributed by atoms with E-state index < -0.39 is 10.9 Å². The second-order valence-electron chi connectivity index (χ2n) is 4.97. The van der Waals surface area contributed by atoms with E-state index in [1.54, 1.807) is 31.4 Å². The van der Waals surface area contributed by atoms with Crippen LogP contribution in [0.1, 0.15) is 16.8 Å². The Morgan fingerprint density at radius 1 is 1.08 bits per heavy atom. The quantitative estimate of drug-likeness (QED) is 0.421. The van der Waals surface area contributed by atoms with Crippen LogP contribution < -0.4 is 14.2 Å². The number of nitrogens with zero attached hydrogens (tertiary/aromatic N) is 1. The van der Waals surface area contributed by atoms with Crippen molar-refractivity contribution in [3.63, 3.8) is 0 Å². The van der Waals surface area contributed by atoms with Gasteiger partial charge in [-0.25, -0.2) is 4.79 Å². The highest BCUT2D eigenvalue weighted by molar-refractivity contribution is 5.88. The first kappa shape index (κ1) is 18.1. The van der Waals surface area contributed by atoms with Crippen LogP contribution in [0.3, 0.4) is 0 Å². The Morgan fingerprint density at radius 3 is 2.32 bits per heavy atom. The van der Waals surface area contributed by atoms with Gasteiger partial charge in [-0.3, -0.25) is 10.1 Å². The molecule has 0 aromatic heterocycles. The third kappa shape index (κ3) is 5.10. The monoisotopic (exact) mass is 347 g/mol. The second kappa shape index (κ2) is 8.53. The Balaban J connectivity index is 1.87. The van der Waals surface area contributed by atoms with E-state index in [0.29, 0.717) is 18.8 Å². The van der Waals surface area contributed by atoms with E-state index in [9.17, 15) is 14.9 Å². The molecule has 25 heavy (non-hydrogen) atoms. The van der Waals surface area contributed by atoms with Gasteiger partial charge in [0.05, 0.1) is 30.8 Å². The van der Waals surface area contributed by atoms with Crippen molar-refractivity contribution in [2.75, 3.05) is 20.3 Å². The van der Waals surface area contributed by atoms with Gasteiger partial charge in [-0.2, -0.15) is 0 Å². The van der Waals surface area contributed by atoms with Crippen molar-refractivity contribution >= 4 is 11.7 Å². The highest BCUT2D eigenvalue weighted by Crippen LogP contribution is 2.28. The van der Waals surface area contributed by atoms with Gasteiger partial charge in [0.25, 0.3) is 0 Å². The first-order chi connectivity index (χ1) is 12.0. The molecule has 2 aromatic rings. The standard InChI is InChI=1S/C17H17NO7/c1-23-13-4-6-14(7-5-13)24-9-2-10-25-16-11-12(17(19)20)3-8-15(16)18(21)22/h3-8,11H,2,9-10H2,1H3,(H,19,20). The number of hydrogen-bond donors (Lipinski definition) is 1. The molecule has 0 amide bonds. The zero-order valence-corrected chi connectivity index (χ0v) is 13.5. The number of ether oxygens (including phenoxy) is 3. The first-order valence-corrected chi connectivity index (χ1v) is 7.42. The number of carboxylic acid groups (broad SMARTS) is 1. The molecule has 0 saturated carbocycles. The number of methoxy groups -OCH3 is 1. The third-order valence-corrected chi connectivity index (χ3v) is 3.28. The summed E-state index contributed by atoms with van der Waals surface area (Å²) in [5.41, 5.74) is -0.351. The molecular weight excluding hydrogens is 330 g/mol. The fourth-order valence-corrected chi connectivity index (χ4v) is 2.02. The van der Waals surface area contributed by atoms with Crippen molar-refractivity contribution < 1.29 is 29.0 Å². The molecule has 8 heteroatoms. The zero-order valence-electron chi connectivity index (χ0n) is 13.5. The summed E-state index contributed by atoms with van der Waals surface area (Å²) in [6.07, 6.45) is 0.473. The molecule has 0 fully saturated rings. The van der Waals surface area contributed by atoms with Gasteiger partial charge in [-0.05, 0) is 30.3 Å². The maximum Gasteiger partial charge on any atom is 0.335 e. The normalized spacial score (nSPS) is 10.1. The average Bonchev–Trinajstić information content (AvgIpc) is 2.61. The number of carboxylic acids is 1. The average molecular weight is 347 g/mol. The number of aromatic carboxylic acids is 1. The molecule has 132 valence electrons. The van der Waals surface area contributed by atoms with Crippen molar-refractivity contribution in [1.29, 1.82) is 0 Å². The van der Waals surface area contributed by atoms with Crippen molar-refractivity contribution in [2.24, 2.45) is 0 Å². The van der Waals surface area contributed by atoms with Crippen LogP contribution in [0.4, 0.5) is 5.69 Å². The molecule has 8 nitrogen and oxygen atoms in total. The van der Waals surface area contributed by atoms with Gasteiger partial charge < -0.3 is 19.3 Å². The van der Waals surface area contributed by atoms with E-state index >= 15 is 0 Å². The highest BCUT2D eigenvalue weighted by atomic mass is 16.6. The zero-order chi connectivity index (χ0) is 18.2. The molecule has 1 N–H and O–H groups in total. The molecular formula is C17H17NO7. The molecule has 0 spiro atoms. The van der Waals surface area contributed by atoms with Crippen molar-refractivity contribution in [3.05, 3.63) is 58.1 Å². The van der Waals surface area contributed by atoms with Gasteiger partial charge in [0, 0.05) is 18.6 Å². The fourth-order valence-electron chi connectivity index (χ4n) is 2.02. The van der Waals surface area contributed by atoms with Crippen LogP contribution in [0.25, 0.3) is 0 Å². The van der Waals surface area contributed by atoms with Gasteiger partial charge in [0.1, 0.15) is 11.5 Å². The summed E-state index contributed by atoms with van der Waals surface area (Å²) in [4.78, 5) is 21.3. The topological polar surface area (TPSA) is 108 Å². The molecule has 2 rings (SSSR count). The van der Waals surface area contributed by atoms with Gasteiger partial charge in [0.2, 0.25) is 0 Å². The Bertz CT molecular complexity index is 743. The molecule has 0 unspecified atom stereocenters. The SMILES string of the molecule is COc1ccc(OCCCOc2cc(C(=O)O)ccc2[N+](=O)[O-])cc1. The molecule has 0 bridgehead atoms. The lowest BCUT2D eigenvalue weighted by Crippen LogP contribution is -2.07. The highest BCUT2D eigenvalue weighted by Gasteiger charge is 2.17. The van der Waals surface area contributed by atoms with E-state index in [1.807, 2.05) is 0 Å². The summed E-state index contributed by atoms with van der Waals surface area (Å²) in [5.74, 6) is 0.137. The fraction of sp³-hybridized carbons (Fsp3) is 0.235. The second-order valence-corrected chi connectivity index (χ2v) is 4.97.